The number of sulfonamides is 1. The third kappa shape index (κ3) is 3.56. The van der Waals surface area contributed by atoms with Gasteiger partial charge < -0.3 is 0 Å². The van der Waals surface area contributed by atoms with Crippen molar-refractivity contribution in [2.24, 2.45) is 0 Å². The predicted molar refractivity (Wildman–Crippen MR) is 71.3 cm³/mol. The van der Waals surface area contributed by atoms with E-state index in [1.54, 1.807) is 24.3 Å². The maximum atomic E-state index is 12.2. The second-order valence-electron chi connectivity index (χ2n) is 4.02. The van der Waals surface area contributed by atoms with Crippen molar-refractivity contribution in [3.63, 3.8) is 0 Å². The lowest BCUT2D eigenvalue weighted by Crippen LogP contribution is -2.32. The van der Waals surface area contributed by atoms with Crippen LogP contribution < -0.4 is 0 Å². The van der Waals surface area contributed by atoms with Crippen molar-refractivity contribution in [2.45, 2.75) is 26.0 Å². The Balaban J connectivity index is 2.99. The van der Waals surface area contributed by atoms with Gasteiger partial charge in [0.05, 0.1) is 17.4 Å². The summed E-state index contributed by atoms with van der Waals surface area (Å²) < 4.78 is 25.9. The van der Waals surface area contributed by atoms with Crippen LogP contribution in [-0.4, -0.2) is 25.8 Å². The fraction of sp³-hybridized carbons (Fsp3) is 0.462. The van der Waals surface area contributed by atoms with E-state index in [0.717, 1.165) is 6.42 Å². The fourth-order valence-corrected chi connectivity index (χ4v) is 3.47. The zero-order valence-corrected chi connectivity index (χ0v) is 11.6. The summed E-state index contributed by atoms with van der Waals surface area (Å²) >= 11 is 0. The van der Waals surface area contributed by atoms with Gasteiger partial charge in [0.1, 0.15) is 0 Å². The highest BCUT2D eigenvalue weighted by Crippen LogP contribution is 2.14. The Labute approximate surface area is 109 Å². The quantitative estimate of drug-likeness (QED) is 0.792. The first-order chi connectivity index (χ1) is 8.55. The van der Waals surface area contributed by atoms with Gasteiger partial charge in [0, 0.05) is 13.1 Å². The molecule has 0 saturated carbocycles. The van der Waals surface area contributed by atoms with Gasteiger partial charge in [-0.3, -0.25) is 0 Å². The Morgan fingerprint density at radius 3 is 2.50 bits per heavy atom. The molecule has 5 heteroatoms. The molecule has 0 radical (unpaired) electrons. The first-order valence-corrected chi connectivity index (χ1v) is 7.61. The molecule has 0 heterocycles. The minimum Gasteiger partial charge on any atom is -0.212 e. The first-order valence-electron chi connectivity index (χ1n) is 6.01. The molecule has 0 unspecified atom stereocenters. The van der Waals surface area contributed by atoms with Crippen LogP contribution >= 0.6 is 0 Å². The van der Waals surface area contributed by atoms with Crippen LogP contribution in [0.2, 0.25) is 0 Å². The Bertz CT molecular complexity index is 532. The van der Waals surface area contributed by atoms with Crippen molar-refractivity contribution in [3.05, 3.63) is 35.4 Å². The number of hydrogen-bond donors (Lipinski definition) is 0. The molecule has 98 valence electrons. The summed E-state index contributed by atoms with van der Waals surface area (Å²) in [5.41, 5.74) is 0.989. The van der Waals surface area contributed by atoms with Crippen molar-refractivity contribution in [1.82, 2.24) is 4.31 Å². The van der Waals surface area contributed by atoms with Crippen LogP contribution in [0.1, 0.15) is 31.4 Å². The van der Waals surface area contributed by atoms with Gasteiger partial charge in [0.2, 0.25) is 10.0 Å². The van der Waals surface area contributed by atoms with E-state index < -0.39 is 10.0 Å². The summed E-state index contributed by atoms with van der Waals surface area (Å²) in [5, 5.41) is 8.96. The van der Waals surface area contributed by atoms with Crippen LogP contribution in [0.5, 0.6) is 0 Å². The van der Waals surface area contributed by atoms with E-state index in [1.165, 1.54) is 4.31 Å². The molecule has 1 rings (SSSR count). The maximum Gasteiger partial charge on any atom is 0.218 e. The molecule has 0 N–H and O–H groups in total. The average molecular weight is 266 g/mol. The molecule has 0 fully saturated rings. The van der Waals surface area contributed by atoms with Crippen molar-refractivity contribution in [2.75, 3.05) is 13.1 Å². The molecule has 18 heavy (non-hydrogen) atoms. The molecule has 1 aromatic rings. The topological polar surface area (TPSA) is 61.2 Å². The number of nitrogens with zero attached hydrogens (tertiary/aromatic N) is 2. The fourth-order valence-electron chi connectivity index (χ4n) is 1.79. The van der Waals surface area contributed by atoms with Gasteiger partial charge in [0.25, 0.3) is 0 Å². The largest absolute Gasteiger partial charge is 0.218 e. The maximum absolute atomic E-state index is 12.2. The van der Waals surface area contributed by atoms with Crippen LogP contribution in [0.4, 0.5) is 0 Å². The monoisotopic (exact) mass is 266 g/mol. The van der Waals surface area contributed by atoms with E-state index in [2.05, 4.69) is 0 Å². The third-order valence-electron chi connectivity index (χ3n) is 2.69. The molecule has 0 spiro atoms. The second kappa shape index (κ2) is 6.53. The zero-order chi connectivity index (χ0) is 13.6. The number of nitriles is 1. The van der Waals surface area contributed by atoms with Crippen molar-refractivity contribution >= 4 is 10.0 Å². The summed E-state index contributed by atoms with van der Waals surface area (Å²) in [5.74, 6) is -0.107. The Kier molecular flexibility index (Phi) is 5.32. The molecule has 4 nitrogen and oxygen atoms in total. The highest BCUT2D eigenvalue weighted by molar-refractivity contribution is 7.88. The highest BCUT2D eigenvalue weighted by atomic mass is 32.2. The summed E-state index contributed by atoms with van der Waals surface area (Å²) in [7, 11) is -3.34. The van der Waals surface area contributed by atoms with Gasteiger partial charge in [0.15, 0.2) is 0 Å². The van der Waals surface area contributed by atoms with Crippen LogP contribution in [-0.2, 0) is 15.8 Å². The third-order valence-corrected chi connectivity index (χ3v) is 4.60. The number of rotatable bonds is 6. The van der Waals surface area contributed by atoms with E-state index in [1.807, 2.05) is 19.9 Å². The van der Waals surface area contributed by atoms with E-state index in [9.17, 15) is 8.42 Å². The van der Waals surface area contributed by atoms with E-state index in [0.29, 0.717) is 24.2 Å². The van der Waals surface area contributed by atoms with Crippen molar-refractivity contribution in [1.29, 1.82) is 5.26 Å². The van der Waals surface area contributed by atoms with Crippen LogP contribution in [0.25, 0.3) is 0 Å². The minimum atomic E-state index is -3.34. The Morgan fingerprint density at radius 1 is 1.28 bits per heavy atom. The molecule has 0 aliphatic rings. The van der Waals surface area contributed by atoms with Crippen molar-refractivity contribution < 1.29 is 8.42 Å². The summed E-state index contributed by atoms with van der Waals surface area (Å²) in [4.78, 5) is 0. The smallest absolute Gasteiger partial charge is 0.212 e. The van der Waals surface area contributed by atoms with Gasteiger partial charge in [-0.1, -0.05) is 32.0 Å². The van der Waals surface area contributed by atoms with Gasteiger partial charge in [-0.05, 0) is 18.1 Å². The highest BCUT2D eigenvalue weighted by Gasteiger charge is 2.21. The summed E-state index contributed by atoms with van der Waals surface area (Å²) in [6, 6.07) is 8.84. The molecular formula is C13H18N2O2S. The molecule has 0 aliphatic carbocycles. The molecule has 0 amide bonds. The van der Waals surface area contributed by atoms with Crippen LogP contribution in [0.3, 0.4) is 0 Å². The molecule has 0 bridgehead atoms. The van der Waals surface area contributed by atoms with E-state index in [-0.39, 0.29) is 5.75 Å². The summed E-state index contributed by atoms with van der Waals surface area (Å²) in [6.07, 6.45) is 0.785. The normalized spacial score (nSPS) is 11.4. The predicted octanol–water partition coefficient (Wildman–Crippen LogP) is 2.12. The molecule has 0 saturated heterocycles. The number of hydrogen-bond acceptors (Lipinski definition) is 3. The lowest BCUT2D eigenvalue weighted by atomic mass is 10.1. The minimum absolute atomic E-state index is 0.107. The Hall–Kier alpha value is -1.38. The Morgan fingerprint density at radius 2 is 1.94 bits per heavy atom. The van der Waals surface area contributed by atoms with Gasteiger partial charge in [-0.25, -0.2) is 12.7 Å². The molecule has 0 aromatic heterocycles. The molecule has 1 aromatic carbocycles. The lowest BCUT2D eigenvalue weighted by Gasteiger charge is -2.19. The van der Waals surface area contributed by atoms with Crippen molar-refractivity contribution in [3.8, 4) is 6.07 Å². The van der Waals surface area contributed by atoms with E-state index >= 15 is 0 Å². The average Bonchev–Trinajstić information content (AvgIpc) is 2.35. The number of benzene rings is 1. The van der Waals surface area contributed by atoms with Crippen LogP contribution in [0, 0.1) is 11.3 Å². The summed E-state index contributed by atoms with van der Waals surface area (Å²) in [6.45, 7) is 4.75. The van der Waals surface area contributed by atoms with E-state index in [4.69, 9.17) is 5.26 Å². The molecule has 0 atom stereocenters. The van der Waals surface area contributed by atoms with Gasteiger partial charge >= 0.3 is 0 Å². The van der Waals surface area contributed by atoms with Gasteiger partial charge in [-0.15, -0.1) is 0 Å². The first kappa shape index (κ1) is 14.7. The molecular weight excluding hydrogens is 248 g/mol. The standard InChI is InChI=1S/C13H18N2O2S/c1-3-9-15(4-2)18(16,17)11-13-8-6-5-7-12(13)10-14/h5-8H,3-4,9,11H2,1-2H3. The molecule has 0 aliphatic heterocycles. The van der Waals surface area contributed by atoms with Gasteiger partial charge in [-0.2, -0.15) is 5.26 Å². The zero-order valence-electron chi connectivity index (χ0n) is 10.8. The second-order valence-corrected chi connectivity index (χ2v) is 5.99. The lowest BCUT2D eigenvalue weighted by molar-refractivity contribution is 0.426. The van der Waals surface area contributed by atoms with Crippen LogP contribution in [0.15, 0.2) is 24.3 Å². The SMILES string of the molecule is CCCN(CC)S(=O)(=O)Cc1ccccc1C#N.